The molecule has 6 rings (SSSR count). The van der Waals surface area contributed by atoms with Gasteiger partial charge in [0.2, 0.25) is 11.5 Å². The number of nitrogens with one attached hydrogen (secondary N) is 3. The fourth-order valence-corrected chi connectivity index (χ4v) is 8.80. The smallest absolute Gasteiger partial charge is 0.412 e. The van der Waals surface area contributed by atoms with Crippen molar-refractivity contribution in [3.05, 3.63) is 130 Å². The highest BCUT2D eigenvalue weighted by Crippen LogP contribution is 2.41. The molecule has 0 saturated heterocycles. The molecule has 60 heavy (non-hydrogen) atoms. The minimum atomic E-state index is -2.22. The third kappa shape index (κ3) is 11.0. The molecule has 1 aliphatic carbocycles. The lowest BCUT2D eigenvalue weighted by atomic mass is 9.89. The predicted molar refractivity (Wildman–Crippen MR) is 245 cm³/mol. The van der Waals surface area contributed by atoms with Crippen molar-refractivity contribution < 1.29 is 24.2 Å². The van der Waals surface area contributed by atoms with Gasteiger partial charge in [0.05, 0.1) is 17.3 Å². The highest BCUT2D eigenvalue weighted by atomic mass is 28.4. The fraction of sp³-hybridized carbons (Fsp3) is 0.354. The first-order valence-corrected chi connectivity index (χ1v) is 23.8. The van der Waals surface area contributed by atoms with Crippen LogP contribution in [0.3, 0.4) is 0 Å². The van der Waals surface area contributed by atoms with Crippen molar-refractivity contribution in [1.29, 1.82) is 0 Å². The number of aromatic hydroxyl groups is 1. The van der Waals surface area contributed by atoms with Crippen LogP contribution < -0.4 is 26.8 Å². The number of phenols is 1. The number of nitrogens with two attached hydrogens (primary N) is 1. The Balaban J connectivity index is 1.06. The number of benzene rings is 4. The van der Waals surface area contributed by atoms with Gasteiger partial charge in [0, 0.05) is 54.3 Å². The van der Waals surface area contributed by atoms with Crippen molar-refractivity contribution in [3.8, 4) is 16.9 Å². The number of carboxylic acid groups (broad SMARTS) is 1. The molecule has 0 unspecified atom stereocenters. The summed E-state index contributed by atoms with van der Waals surface area (Å²) in [6.07, 6.45) is 6.40. The number of carbonyl (C=O) groups excluding carboxylic acids is 1. The first kappa shape index (κ1) is 44.0. The average Bonchev–Trinajstić information content (AvgIpc) is 3.21. The molecule has 11 nitrogen and oxygen atoms in total. The summed E-state index contributed by atoms with van der Waals surface area (Å²) >= 11 is 0. The number of amides is 2. The minimum Gasteiger partial charge on any atom is -0.506 e. The van der Waals surface area contributed by atoms with Crippen molar-refractivity contribution in [2.24, 2.45) is 5.73 Å². The molecule has 0 spiro atoms. The normalized spacial score (nSPS) is 16.5. The molecule has 1 fully saturated rings. The summed E-state index contributed by atoms with van der Waals surface area (Å²) in [5.74, 6) is -0.0914. The lowest BCUT2D eigenvalue weighted by Gasteiger charge is -2.39. The van der Waals surface area contributed by atoms with Crippen molar-refractivity contribution in [1.82, 2.24) is 10.3 Å². The maximum absolute atomic E-state index is 12.9. The molecule has 1 heterocycles. The number of aromatic amines is 1. The molecule has 0 aliphatic heterocycles. The molecular weight excluding hydrogens is 771 g/mol. The van der Waals surface area contributed by atoms with Crippen LogP contribution in [-0.2, 0) is 15.8 Å². The van der Waals surface area contributed by atoms with E-state index in [9.17, 15) is 24.6 Å². The van der Waals surface area contributed by atoms with E-state index in [4.69, 9.17) is 10.2 Å². The molecule has 5 aromatic rings. The number of pyridine rings is 1. The maximum Gasteiger partial charge on any atom is 0.412 e. The summed E-state index contributed by atoms with van der Waals surface area (Å²) in [4.78, 5) is 42.0. The quantitative estimate of drug-likeness (QED) is 0.0567. The van der Waals surface area contributed by atoms with E-state index in [0.717, 1.165) is 58.9 Å². The fourth-order valence-electron chi connectivity index (χ4n) is 7.53. The van der Waals surface area contributed by atoms with Gasteiger partial charge in [0.1, 0.15) is 5.75 Å². The lowest BCUT2D eigenvalue weighted by molar-refractivity contribution is -0.116. The van der Waals surface area contributed by atoms with Crippen molar-refractivity contribution in [2.75, 3.05) is 16.8 Å². The number of hydrogen-bond donors (Lipinski definition) is 6. The first-order valence-electron chi connectivity index (χ1n) is 20.9. The van der Waals surface area contributed by atoms with Crippen LogP contribution >= 0.6 is 0 Å². The standard InChI is InChI=1S/C48H59N5O6Si/c1-48(2,3)60(4,5)59-43(39-25-27-42(54)46-40(39)26-28-45(56)52-46)31-50-30-33-15-20-36(21-16-33)51-44(55)14-10-9-11-32-17-24-38(34-12-7-6-8-13-34)41(29-32)53(47(57)58)37-22-18-35(49)19-23-37/h6-9,11-13,15-17,20-21,24-29,35,37,43,50,54H,10,14,18-19,22-23,30-31,49H2,1-5H3,(H,51,55)(H,52,56)(H,57,58)/b11-9+/t35?,37?,43-/m0/s1. The van der Waals surface area contributed by atoms with Gasteiger partial charge in [-0.05, 0) is 103 Å². The van der Waals surface area contributed by atoms with Crippen LogP contribution in [0.2, 0.25) is 18.1 Å². The number of phenolic OH excluding ortho intramolecular Hbond substituents is 1. The molecule has 7 N–H and O–H groups in total. The van der Waals surface area contributed by atoms with Crippen LogP contribution in [0, 0.1) is 0 Å². The van der Waals surface area contributed by atoms with Gasteiger partial charge in [-0.15, -0.1) is 0 Å². The van der Waals surface area contributed by atoms with E-state index in [0.29, 0.717) is 36.4 Å². The van der Waals surface area contributed by atoms with E-state index in [1.165, 1.54) is 11.0 Å². The minimum absolute atomic E-state index is 0.0139. The van der Waals surface area contributed by atoms with Crippen LogP contribution in [0.1, 0.15) is 82.1 Å². The second-order valence-electron chi connectivity index (χ2n) is 17.3. The molecule has 2 amide bonds. The third-order valence-electron chi connectivity index (χ3n) is 11.9. The van der Waals surface area contributed by atoms with Crippen LogP contribution in [-0.4, -0.2) is 54.1 Å². The molecular formula is C48H59N5O6Si. The summed E-state index contributed by atoms with van der Waals surface area (Å²) in [5.41, 5.74) is 12.2. The van der Waals surface area contributed by atoms with Crippen LogP contribution in [0.15, 0.2) is 108 Å². The van der Waals surface area contributed by atoms with Crippen molar-refractivity contribution in [3.63, 3.8) is 0 Å². The maximum atomic E-state index is 12.9. The van der Waals surface area contributed by atoms with Gasteiger partial charge in [-0.2, -0.15) is 0 Å². The molecule has 316 valence electrons. The van der Waals surface area contributed by atoms with E-state index in [1.807, 2.05) is 91.0 Å². The number of fused-ring (bicyclic) bond motifs is 1. The molecule has 4 aromatic carbocycles. The zero-order chi connectivity index (χ0) is 43.0. The third-order valence-corrected chi connectivity index (χ3v) is 16.4. The van der Waals surface area contributed by atoms with Gasteiger partial charge in [0.15, 0.2) is 8.32 Å². The molecule has 1 aromatic heterocycles. The number of allylic oxidation sites excluding steroid dienone is 1. The summed E-state index contributed by atoms with van der Waals surface area (Å²) in [7, 11) is -2.22. The average molecular weight is 830 g/mol. The molecule has 0 bridgehead atoms. The van der Waals surface area contributed by atoms with Gasteiger partial charge < -0.3 is 36.0 Å². The number of hydrogen-bond acceptors (Lipinski definition) is 7. The Morgan fingerprint density at radius 2 is 1.68 bits per heavy atom. The highest BCUT2D eigenvalue weighted by Gasteiger charge is 2.40. The Hall–Kier alpha value is -5.53. The predicted octanol–water partition coefficient (Wildman–Crippen LogP) is 9.94. The lowest BCUT2D eigenvalue weighted by Crippen LogP contribution is -2.44. The Bertz CT molecular complexity index is 2350. The molecule has 0 radical (unpaired) electrons. The van der Waals surface area contributed by atoms with Gasteiger partial charge >= 0.3 is 6.09 Å². The Labute approximate surface area is 353 Å². The number of H-pyrrole nitrogens is 1. The van der Waals surface area contributed by atoms with E-state index in [2.05, 4.69) is 49.5 Å². The van der Waals surface area contributed by atoms with Crippen molar-refractivity contribution in [2.45, 2.75) is 102 Å². The zero-order valence-corrected chi connectivity index (χ0v) is 36.3. The zero-order valence-electron chi connectivity index (χ0n) is 35.3. The van der Waals surface area contributed by atoms with Gasteiger partial charge in [0.25, 0.3) is 0 Å². The number of rotatable bonds is 15. The number of nitrogens with zero attached hydrogens (tertiary/aromatic N) is 1. The largest absolute Gasteiger partial charge is 0.506 e. The Kier molecular flexibility index (Phi) is 14.1. The second kappa shape index (κ2) is 19.2. The molecule has 1 atom stereocenters. The van der Waals surface area contributed by atoms with E-state index < -0.39 is 14.4 Å². The van der Waals surface area contributed by atoms with Crippen LogP contribution in [0.5, 0.6) is 5.75 Å². The Morgan fingerprint density at radius 1 is 0.967 bits per heavy atom. The summed E-state index contributed by atoms with van der Waals surface area (Å²) in [5, 5.41) is 28.2. The monoisotopic (exact) mass is 829 g/mol. The van der Waals surface area contributed by atoms with Crippen LogP contribution in [0.4, 0.5) is 16.2 Å². The summed E-state index contributed by atoms with van der Waals surface area (Å²) < 4.78 is 6.93. The SMILES string of the molecule is CC(C)(C)[Si](C)(C)O[C@@H](CNCc1ccc(NC(=O)CC/C=C/c2ccc(-c3ccccc3)c(N(C(=O)O)C3CCC(N)CC3)c2)cc1)c1ccc(O)c2[nH]c(=O)ccc12. The van der Waals surface area contributed by atoms with Gasteiger partial charge in [-0.3, -0.25) is 14.5 Å². The number of aromatic nitrogens is 1. The van der Waals surface area contributed by atoms with E-state index in [1.54, 1.807) is 12.1 Å². The molecule has 1 saturated carbocycles. The van der Waals surface area contributed by atoms with E-state index in [-0.39, 0.29) is 46.9 Å². The van der Waals surface area contributed by atoms with E-state index >= 15 is 0 Å². The molecule has 1 aliphatic rings. The molecule has 12 heteroatoms. The number of carbonyl (C=O) groups is 2. The second-order valence-corrected chi connectivity index (χ2v) is 22.1. The number of anilines is 2. The Morgan fingerprint density at radius 3 is 2.37 bits per heavy atom. The highest BCUT2D eigenvalue weighted by molar-refractivity contribution is 6.74. The van der Waals surface area contributed by atoms with Gasteiger partial charge in [-0.25, -0.2) is 4.79 Å². The summed E-state index contributed by atoms with van der Waals surface area (Å²) in [6, 6.07) is 30.1. The topological polar surface area (TPSA) is 170 Å². The van der Waals surface area contributed by atoms with Crippen LogP contribution in [0.25, 0.3) is 28.1 Å². The van der Waals surface area contributed by atoms with Crippen molar-refractivity contribution >= 4 is 48.7 Å². The summed E-state index contributed by atoms with van der Waals surface area (Å²) in [6.45, 7) is 12.1. The van der Waals surface area contributed by atoms with Gasteiger partial charge in [-0.1, -0.05) is 93.6 Å². The first-order chi connectivity index (χ1) is 28.6.